The van der Waals surface area contributed by atoms with E-state index in [4.69, 9.17) is 4.74 Å². The zero-order valence-corrected chi connectivity index (χ0v) is 10.5. The van der Waals surface area contributed by atoms with Crippen LogP contribution in [0.2, 0.25) is 0 Å². The van der Waals surface area contributed by atoms with E-state index < -0.39 is 0 Å². The van der Waals surface area contributed by atoms with Crippen molar-refractivity contribution in [2.24, 2.45) is 0 Å². The van der Waals surface area contributed by atoms with Crippen LogP contribution in [0.3, 0.4) is 0 Å². The minimum absolute atomic E-state index is 0.226. The molecule has 0 aliphatic rings. The van der Waals surface area contributed by atoms with Crippen molar-refractivity contribution in [2.45, 2.75) is 6.42 Å². The van der Waals surface area contributed by atoms with Gasteiger partial charge in [0.15, 0.2) is 0 Å². The molecule has 0 amide bonds. The van der Waals surface area contributed by atoms with Gasteiger partial charge in [0.2, 0.25) is 0 Å². The van der Waals surface area contributed by atoms with E-state index in [9.17, 15) is 4.39 Å². The molecule has 0 unspecified atom stereocenters. The van der Waals surface area contributed by atoms with Crippen LogP contribution in [0.15, 0.2) is 48.8 Å². The monoisotopic (exact) mass is 256 g/mol. The minimum atomic E-state index is -0.226. The first-order valence-corrected chi connectivity index (χ1v) is 6.01. The maximum atomic E-state index is 13.2. The highest BCUT2D eigenvalue weighted by molar-refractivity contribution is 5.48. The molecule has 96 valence electrons. The fraction of sp³-hybridized carbons (Fsp3) is 0.133. The van der Waals surface area contributed by atoms with Crippen molar-refractivity contribution in [1.29, 1.82) is 0 Å². The van der Waals surface area contributed by atoms with Crippen molar-refractivity contribution in [2.75, 3.05) is 7.11 Å². The first-order chi connectivity index (χ1) is 9.26. The molecule has 3 nitrogen and oxygen atoms in total. The molecule has 3 aromatic rings. The predicted octanol–water partition coefficient (Wildman–Crippen LogP) is 3.07. The van der Waals surface area contributed by atoms with E-state index in [1.165, 1.54) is 12.1 Å². The molecule has 19 heavy (non-hydrogen) atoms. The Kier molecular flexibility index (Phi) is 2.91. The van der Waals surface area contributed by atoms with Crippen LogP contribution in [0.25, 0.3) is 5.52 Å². The van der Waals surface area contributed by atoms with Crippen LogP contribution in [0.4, 0.5) is 4.39 Å². The highest BCUT2D eigenvalue weighted by atomic mass is 19.1. The summed E-state index contributed by atoms with van der Waals surface area (Å²) in [6.07, 6.45) is 4.27. The van der Waals surface area contributed by atoms with E-state index >= 15 is 0 Å². The number of imidazole rings is 1. The summed E-state index contributed by atoms with van der Waals surface area (Å²) in [5, 5.41) is 0. The van der Waals surface area contributed by atoms with Gasteiger partial charge in [0.05, 0.1) is 25.0 Å². The summed E-state index contributed by atoms with van der Waals surface area (Å²) in [4.78, 5) is 4.38. The van der Waals surface area contributed by atoms with Crippen LogP contribution in [0, 0.1) is 5.82 Å². The number of halogens is 1. The summed E-state index contributed by atoms with van der Waals surface area (Å²) >= 11 is 0. The van der Waals surface area contributed by atoms with Crippen LogP contribution < -0.4 is 4.74 Å². The van der Waals surface area contributed by atoms with Crippen molar-refractivity contribution in [3.05, 3.63) is 66.0 Å². The third-order valence-corrected chi connectivity index (χ3v) is 3.06. The van der Waals surface area contributed by atoms with E-state index in [0.717, 1.165) is 22.7 Å². The van der Waals surface area contributed by atoms with Gasteiger partial charge >= 0.3 is 0 Å². The number of aromatic nitrogens is 2. The van der Waals surface area contributed by atoms with Gasteiger partial charge in [-0.3, -0.25) is 4.40 Å². The Balaban J connectivity index is 2.00. The second-order valence-corrected chi connectivity index (χ2v) is 4.34. The number of hydrogen-bond acceptors (Lipinski definition) is 2. The number of rotatable bonds is 3. The van der Waals surface area contributed by atoms with Crippen LogP contribution >= 0.6 is 0 Å². The summed E-state index contributed by atoms with van der Waals surface area (Å²) < 4.78 is 20.4. The fourth-order valence-electron chi connectivity index (χ4n) is 2.11. The molecule has 0 bridgehead atoms. The topological polar surface area (TPSA) is 26.5 Å². The van der Waals surface area contributed by atoms with Crippen molar-refractivity contribution < 1.29 is 9.13 Å². The van der Waals surface area contributed by atoms with Gasteiger partial charge < -0.3 is 4.74 Å². The van der Waals surface area contributed by atoms with Crippen molar-refractivity contribution in [3.8, 4) is 5.75 Å². The molecule has 2 aromatic heterocycles. The number of fused-ring (bicyclic) bond motifs is 1. The summed E-state index contributed by atoms with van der Waals surface area (Å²) in [5.74, 6) is 1.40. The van der Waals surface area contributed by atoms with Gasteiger partial charge in [-0.25, -0.2) is 9.37 Å². The molecular formula is C15H13FN2O. The third-order valence-electron chi connectivity index (χ3n) is 3.06. The quantitative estimate of drug-likeness (QED) is 0.720. The minimum Gasteiger partial charge on any atom is -0.495 e. The Morgan fingerprint density at radius 1 is 1.26 bits per heavy atom. The third kappa shape index (κ3) is 2.29. The van der Waals surface area contributed by atoms with E-state index in [-0.39, 0.29) is 5.82 Å². The molecule has 4 heteroatoms. The summed E-state index contributed by atoms with van der Waals surface area (Å²) in [6.45, 7) is 0. The summed E-state index contributed by atoms with van der Waals surface area (Å²) in [7, 11) is 1.63. The number of nitrogens with zero attached hydrogens (tertiary/aromatic N) is 2. The Bertz CT molecular complexity index is 721. The molecule has 3 rings (SSSR count). The molecule has 0 aliphatic heterocycles. The first kappa shape index (κ1) is 11.7. The Labute approximate surface area is 110 Å². The van der Waals surface area contributed by atoms with Gasteiger partial charge in [-0.1, -0.05) is 12.1 Å². The Hall–Kier alpha value is -2.36. The van der Waals surface area contributed by atoms with Gasteiger partial charge in [0.1, 0.15) is 17.4 Å². The smallest absolute Gasteiger partial charge is 0.135 e. The lowest BCUT2D eigenvalue weighted by Crippen LogP contribution is -1.97. The van der Waals surface area contributed by atoms with Crippen LogP contribution in [0.1, 0.15) is 11.4 Å². The molecule has 0 saturated heterocycles. The number of methoxy groups -OCH3 is 1. The van der Waals surface area contributed by atoms with Crippen molar-refractivity contribution in [1.82, 2.24) is 9.38 Å². The average molecular weight is 256 g/mol. The lowest BCUT2D eigenvalue weighted by molar-refractivity contribution is 0.412. The van der Waals surface area contributed by atoms with Crippen LogP contribution in [0.5, 0.6) is 5.75 Å². The summed E-state index contributed by atoms with van der Waals surface area (Å²) in [5.41, 5.74) is 1.89. The number of pyridine rings is 1. The average Bonchev–Trinajstić information content (AvgIpc) is 2.81. The zero-order valence-electron chi connectivity index (χ0n) is 10.5. The molecule has 0 fully saturated rings. The van der Waals surface area contributed by atoms with E-state index in [1.807, 2.05) is 28.8 Å². The van der Waals surface area contributed by atoms with Gasteiger partial charge in [-0.15, -0.1) is 0 Å². The number of ether oxygens (including phenoxy) is 1. The maximum absolute atomic E-state index is 13.2. The van der Waals surface area contributed by atoms with Crippen molar-refractivity contribution in [3.63, 3.8) is 0 Å². The second-order valence-electron chi connectivity index (χ2n) is 4.34. The number of hydrogen-bond donors (Lipinski definition) is 0. The summed E-state index contributed by atoms with van der Waals surface area (Å²) in [6, 6.07) is 10.4. The van der Waals surface area contributed by atoms with Crippen molar-refractivity contribution >= 4 is 5.52 Å². The van der Waals surface area contributed by atoms with E-state index in [0.29, 0.717) is 6.42 Å². The highest BCUT2D eigenvalue weighted by Gasteiger charge is 2.06. The van der Waals surface area contributed by atoms with Gasteiger partial charge in [0.25, 0.3) is 0 Å². The Morgan fingerprint density at radius 3 is 2.95 bits per heavy atom. The molecular weight excluding hydrogens is 243 g/mol. The SMILES string of the molecule is COc1ccc2cnc(Cc3cccc(F)c3)n2c1. The van der Waals surface area contributed by atoms with E-state index in [1.54, 1.807) is 19.4 Å². The standard InChI is InChI=1S/C15H13FN2O/c1-19-14-6-5-13-9-17-15(18(13)10-14)8-11-3-2-4-12(16)7-11/h2-7,9-10H,8H2,1H3. The lowest BCUT2D eigenvalue weighted by Gasteiger charge is -2.04. The molecule has 0 atom stereocenters. The molecule has 1 aromatic carbocycles. The van der Waals surface area contributed by atoms with Gasteiger partial charge in [-0.05, 0) is 29.8 Å². The Morgan fingerprint density at radius 2 is 2.16 bits per heavy atom. The molecule has 0 radical (unpaired) electrons. The lowest BCUT2D eigenvalue weighted by atomic mass is 10.1. The fourth-order valence-corrected chi connectivity index (χ4v) is 2.11. The van der Waals surface area contributed by atoms with Crippen LogP contribution in [-0.2, 0) is 6.42 Å². The molecule has 0 saturated carbocycles. The van der Waals surface area contributed by atoms with Gasteiger partial charge in [0, 0.05) is 6.42 Å². The van der Waals surface area contributed by atoms with Crippen LogP contribution in [-0.4, -0.2) is 16.5 Å². The second kappa shape index (κ2) is 4.72. The first-order valence-electron chi connectivity index (χ1n) is 6.01. The largest absolute Gasteiger partial charge is 0.495 e. The predicted molar refractivity (Wildman–Crippen MR) is 71.0 cm³/mol. The number of benzene rings is 1. The molecule has 0 N–H and O–H groups in total. The zero-order chi connectivity index (χ0) is 13.2. The van der Waals surface area contributed by atoms with E-state index in [2.05, 4.69) is 4.98 Å². The molecule has 0 spiro atoms. The maximum Gasteiger partial charge on any atom is 0.135 e. The molecule has 0 aliphatic carbocycles. The molecule has 2 heterocycles. The highest BCUT2D eigenvalue weighted by Crippen LogP contribution is 2.17. The normalized spacial score (nSPS) is 10.8. The van der Waals surface area contributed by atoms with Gasteiger partial charge in [-0.2, -0.15) is 0 Å².